The molecule has 9 heteroatoms. The number of carbonyl (C=O) groups is 1. The van der Waals surface area contributed by atoms with Crippen molar-refractivity contribution < 1.29 is 37.6 Å². The number of ether oxygens (including phenoxy) is 1. The fourth-order valence-electron chi connectivity index (χ4n) is 6.89. The number of rotatable bonds is 28. The molecular weight excluding hydrogens is 697 g/mol. The van der Waals surface area contributed by atoms with Crippen molar-refractivity contribution in [2.75, 3.05) is 47.5 Å². The average Bonchev–Trinajstić information content (AvgIpc) is 3.16. The lowest BCUT2D eigenvalue weighted by molar-refractivity contribution is -0.870. The minimum absolute atomic E-state index is 0.0274. The third-order valence-electron chi connectivity index (χ3n) is 9.81. The molecule has 0 fully saturated rings. The molecule has 0 saturated heterocycles. The Hall–Kier alpha value is -3.10. The number of aliphatic hydroxyl groups is 1. The van der Waals surface area contributed by atoms with E-state index in [2.05, 4.69) is 104 Å². The molecule has 0 amide bonds. The predicted molar refractivity (Wildman–Crippen MR) is 217 cm³/mol. The van der Waals surface area contributed by atoms with Crippen LogP contribution < -0.4 is 4.89 Å². The second kappa shape index (κ2) is 24.4. The SMILES string of the molecule is CCCCCCCC/C(=C\CCCCCCCC(=O)O[C@H](CO)COP(=O)([O-])OCC[N+](C)(C)C)C(c1ccccc1)(c1ccccc1)c1ccccc1. The Balaban J connectivity index is 1.60. The molecule has 3 aromatic rings. The first-order valence-corrected chi connectivity index (χ1v) is 21.5. The molecule has 298 valence electrons. The number of phosphoric ester groups is 1. The number of esters is 1. The summed E-state index contributed by atoms with van der Waals surface area (Å²) >= 11 is 0. The number of hydrogen-bond donors (Lipinski definition) is 1. The van der Waals surface area contributed by atoms with Gasteiger partial charge in [-0.05, 0) is 48.8 Å². The van der Waals surface area contributed by atoms with E-state index in [1.807, 2.05) is 21.1 Å². The van der Waals surface area contributed by atoms with Gasteiger partial charge in [0.05, 0.1) is 39.8 Å². The Morgan fingerprint density at radius 3 is 1.72 bits per heavy atom. The number of unbranched alkanes of at least 4 members (excludes halogenated alkanes) is 10. The molecule has 3 rings (SSSR count). The summed E-state index contributed by atoms with van der Waals surface area (Å²) in [5, 5.41) is 9.62. The van der Waals surface area contributed by atoms with Crippen LogP contribution in [0.4, 0.5) is 0 Å². The van der Waals surface area contributed by atoms with Gasteiger partial charge < -0.3 is 28.3 Å². The van der Waals surface area contributed by atoms with Crippen molar-refractivity contribution in [2.45, 2.75) is 108 Å². The molecule has 3 aromatic carbocycles. The third kappa shape index (κ3) is 15.9. The molecule has 0 aromatic heterocycles. The van der Waals surface area contributed by atoms with Crippen molar-refractivity contribution >= 4 is 13.8 Å². The second-order valence-corrected chi connectivity index (χ2v) is 16.7. The van der Waals surface area contributed by atoms with E-state index in [9.17, 15) is 19.4 Å². The van der Waals surface area contributed by atoms with Crippen molar-refractivity contribution in [1.29, 1.82) is 0 Å². The van der Waals surface area contributed by atoms with E-state index >= 15 is 0 Å². The van der Waals surface area contributed by atoms with Crippen molar-refractivity contribution in [1.82, 2.24) is 0 Å². The fraction of sp³-hybridized carbons (Fsp3) is 0.533. The summed E-state index contributed by atoms with van der Waals surface area (Å²) in [6, 6.07) is 32.9. The first kappa shape index (κ1) is 45.3. The van der Waals surface area contributed by atoms with E-state index in [0.717, 1.165) is 44.9 Å². The molecule has 54 heavy (non-hydrogen) atoms. The average molecular weight is 764 g/mol. The molecule has 0 aliphatic rings. The molecule has 2 atom stereocenters. The van der Waals surface area contributed by atoms with Crippen LogP contribution in [-0.2, 0) is 28.6 Å². The number of aliphatic hydroxyl groups excluding tert-OH is 1. The van der Waals surface area contributed by atoms with E-state index < -0.39 is 38.5 Å². The summed E-state index contributed by atoms with van der Waals surface area (Å²) in [6.45, 7) is 1.68. The van der Waals surface area contributed by atoms with Crippen LogP contribution in [-0.4, -0.2) is 69.2 Å². The molecule has 0 aliphatic heterocycles. The van der Waals surface area contributed by atoms with Gasteiger partial charge in [-0.3, -0.25) is 9.36 Å². The number of hydrogen-bond acceptors (Lipinski definition) is 7. The molecule has 0 saturated carbocycles. The highest BCUT2D eigenvalue weighted by molar-refractivity contribution is 7.45. The van der Waals surface area contributed by atoms with E-state index in [0.29, 0.717) is 17.4 Å². The van der Waals surface area contributed by atoms with Gasteiger partial charge >= 0.3 is 5.97 Å². The van der Waals surface area contributed by atoms with Crippen LogP contribution in [0, 0.1) is 0 Å². The van der Waals surface area contributed by atoms with E-state index in [-0.39, 0.29) is 13.0 Å². The monoisotopic (exact) mass is 763 g/mol. The van der Waals surface area contributed by atoms with Crippen molar-refractivity contribution in [3.63, 3.8) is 0 Å². The fourth-order valence-corrected chi connectivity index (χ4v) is 7.62. The molecule has 0 radical (unpaired) electrons. The van der Waals surface area contributed by atoms with Gasteiger partial charge in [-0.15, -0.1) is 0 Å². The van der Waals surface area contributed by atoms with Crippen LogP contribution in [0.1, 0.15) is 114 Å². The number of allylic oxidation sites excluding steroid dienone is 2. The maximum Gasteiger partial charge on any atom is 0.306 e. The van der Waals surface area contributed by atoms with Gasteiger partial charge in [0.25, 0.3) is 7.82 Å². The number of carbonyl (C=O) groups excluding carboxylic acids is 1. The van der Waals surface area contributed by atoms with Crippen LogP contribution in [0.3, 0.4) is 0 Å². The Bertz CT molecular complexity index is 1430. The van der Waals surface area contributed by atoms with Gasteiger partial charge in [0.15, 0.2) is 0 Å². The lowest BCUT2D eigenvalue weighted by Gasteiger charge is -2.39. The first-order chi connectivity index (χ1) is 26.0. The Morgan fingerprint density at radius 2 is 1.22 bits per heavy atom. The predicted octanol–water partition coefficient (Wildman–Crippen LogP) is 9.54. The lowest BCUT2D eigenvalue weighted by atomic mass is 9.63. The van der Waals surface area contributed by atoms with Crippen molar-refractivity contribution in [3.05, 3.63) is 119 Å². The highest BCUT2D eigenvalue weighted by Crippen LogP contribution is 2.47. The molecular formula is C45H66NO7P. The normalized spacial score (nSPS) is 14.1. The number of nitrogens with zero attached hydrogens (tertiary/aromatic N) is 1. The minimum atomic E-state index is -4.57. The molecule has 1 unspecified atom stereocenters. The van der Waals surface area contributed by atoms with Crippen LogP contribution in [0.2, 0.25) is 0 Å². The summed E-state index contributed by atoms with van der Waals surface area (Å²) in [5.74, 6) is -0.481. The minimum Gasteiger partial charge on any atom is -0.756 e. The standard InChI is InChI=1S/C45H66NO7P/c1-5-6-7-8-11-17-26-39(45(40-28-19-14-20-29-40,41-30-21-15-22-31-41)42-32-23-16-24-33-42)27-18-12-9-10-13-25-34-44(48)53-43(37-47)38-52-54(49,50)51-36-35-46(2,3)4/h14-16,19-24,27-33,43,47H,5-13,17-18,25-26,34-38H2,1-4H3/b39-27+/t43-/m1/s1. The van der Waals surface area contributed by atoms with Crippen LogP contribution in [0.15, 0.2) is 103 Å². The van der Waals surface area contributed by atoms with Crippen LogP contribution >= 0.6 is 7.82 Å². The number of benzene rings is 3. The second-order valence-electron chi connectivity index (χ2n) is 15.3. The van der Waals surface area contributed by atoms with Crippen LogP contribution in [0.25, 0.3) is 0 Å². The first-order valence-electron chi connectivity index (χ1n) is 20.1. The summed E-state index contributed by atoms with van der Waals surface area (Å²) < 4.78 is 27.6. The van der Waals surface area contributed by atoms with Gasteiger partial charge in [0.1, 0.15) is 19.3 Å². The number of phosphoric acid groups is 1. The van der Waals surface area contributed by atoms with Gasteiger partial charge in [0, 0.05) is 6.42 Å². The summed E-state index contributed by atoms with van der Waals surface area (Å²) in [7, 11) is 1.19. The molecule has 1 N–H and O–H groups in total. The molecule has 8 nitrogen and oxygen atoms in total. The summed E-state index contributed by atoms with van der Waals surface area (Å²) in [4.78, 5) is 24.5. The zero-order chi connectivity index (χ0) is 39.1. The van der Waals surface area contributed by atoms with Gasteiger partial charge in [0.2, 0.25) is 0 Å². The summed E-state index contributed by atoms with van der Waals surface area (Å²) in [5.41, 5.74) is 4.91. The summed E-state index contributed by atoms with van der Waals surface area (Å²) in [6.07, 6.45) is 15.8. The number of likely N-dealkylation sites (N-methyl/N-ethyl adjacent to an activating group) is 1. The molecule has 0 spiro atoms. The van der Waals surface area contributed by atoms with E-state index in [1.54, 1.807) is 0 Å². The van der Waals surface area contributed by atoms with Crippen molar-refractivity contribution in [2.24, 2.45) is 0 Å². The largest absolute Gasteiger partial charge is 0.756 e. The Labute approximate surface area is 325 Å². The maximum absolute atomic E-state index is 12.5. The molecule has 0 bridgehead atoms. The highest BCUT2D eigenvalue weighted by Gasteiger charge is 2.39. The smallest absolute Gasteiger partial charge is 0.306 e. The molecule has 0 heterocycles. The van der Waals surface area contributed by atoms with Gasteiger partial charge in [-0.2, -0.15) is 0 Å². The zero-order valence-corrected chi connectivity index (χ0v) is 34.2. The zero-order valence-electron chi connectivity index (χ0n) is 33.3. The Morgan fingerprint density at radius 1 is 0.741 bits per heavy atom. The quantitative estimate of drug-likeness (QED) is 0.0196. The number of quaternary nitrogens is 1. The van der Waals surface area contributed by atoms with Gasteiger partial charge in [-0.25, -0.2) is 0 Å². The highest BCUT2D eigenvalue weighted by atomic mass is 31.2. The van der Waals surface area contributed by atoms with E-state index in [4.69, 9.17) is 13.8 Å². The molecule has 0 aliphatic carbocycles. The van der Waals surface area contributed by atoms with Gasteiger partial charge in [-0.1, -0.05) is 161 Å². The van der Waals surface area contributed by atoms with Crippen LogP contribution in [0.5, 0.6) is 0 Å². The van der Waals surface area contributed by atoms with E-state index in [1.165, 1.54) is 54.4 Å². The van der Waals surface area contributed by atoms with Crippen molar-refractivity contribution in [3.8, 4) is 0 Å². The lowest BCUT2D eigenvalue weighted by Crippen LogP contribution is -2.37. The maximum atomic E-state index is 12.5. The topological polar surface area (TPSA) is 105 Å². The Kier molecular flexibility index (Phi) is 20.5. The third-order valence-corrected chi connectivity index (χ3v) is 10.8.